The molecule has 0 heterocycles. The van der Waals surface area contributed by atoms with Crippen molar-refractivity contribution < 1.29 is 9.63 Å². The highest BCUT2D eigenvalue weighted by Crippen LogP contribution is 2.10. The van der Waals surface area contributed by atoms with Gasteiger partial charge in [-0.05, 0) is 23.6 Å². The van der Waals surface area contributed by atoms with E-state index in [0.29, 0.717) is 17.5 Å². The quantitative estimate of drug-likeness (QED) is 0.805. The third kappa shape index (κ3) is 5.14. The highest BCUT2D eigenvalue weighted by molar-refractivity contribution is 6.30. The summed E-state index contributed by atoms with van der Waals surface area (Å²) in [6.45, 7) is 4.55. The zero-order chi connectivity index (χ0) is 12.0. The minimum absolute atomic E-state index is 0.164. The molecular weight excluding hydrogens is 226 g/mol. The molecule has 16 heavy (non-hydrogen) atoms. The number of amides is 1. The van der Waals surface area contributed by atoms with Crippen LogP contribution in [0.2, 0.25) is 5.02 Å². The van der Waals surface area contributed by atoms with E-state index < -0.39 is 0 Å². The molecule has 0 aliphatic rings. The lowest BCUT2D eigenvalue weighted by atomic mass is 10.1. The molecule has 0 fully saturated rings. The third-order valence-corrected chi connectivity index (χ3v) is 2.09. The van der Waals surface area contributed by atoms with Gasteiger partial charge in [0.05, 0.1) is 13.0 Å². The summed E-state index contributed by atoms with van der Waals surface area (Å²) < 4.78 is 0. The first kappa shape index (κ1) is 13.0. The summed E-state index contributed by atoms with van der Waals surface area (Å²) in [5, 5.41) is 0.633. The topological polar surface area (TPSA) is 38.3 Å². The number of carbonyl (C=O) groups is 1. The largest absolute Gasteiger partial charge is 0.273 e. The molecule has 0 bridgehead atoms. The highest BCUT2D eigenvalue weighted by Gasteiger charge is 2.04. The van der Waals surface area contributed by atoms with Gasteiger partial charge in [-0.2, -0.15) is 0 Å². The van der Waals surface area contributed by atoms with Gasteiger partial charge in [-0.3, -0.25) is 9.63 Å². The fourth-order valence-electron chi connectivity index (χ4n) is 1.16. The average molecular weight is 242 g/mol. The average Bonchev–Trinajstić information content (AvgIpc) is 2.16. The minimum Gasteiger partial charge on any atom is -0.273 e. The van der Waals surface area contributed by atoms with Crippen LogP contribution in [0, 0.1) is 5.92 Å². The first-order chi connectivity index (χ1) is 7.58. The van der Waals surface area contributed by atoms with Crippen LogP contribution in [0.3, 0.4) is 0 Å². The second-order valence-corrected chi connectivity index (χ2v) is 4.47. The van der Waals surface area contributed by atoms with Gasteiger partial charge in [0, 0.05) is 5.02 Å². The highest BCUT2D eigenvalue weighted by atomic mass is 35.5. The molecule has 0 saturated heterocycles. The summed E-state index contributed by atoms with van der Waals surface area (Å²) in [7, 11) is 0. The molecule has 0 unspecified atom stereocenters. The van der Waals surface area contributed by atoms with Crippen LogP contribution in [0.25, 0.3) is 0 Å². The van der Waals surface area contributed by atoms with Crippen molar-refractivity contribution in [2.45, 2.75) is 20.3 Å². The summed E-state index contributed by atoms with van der Waals surface area (Å²) in [5.74, 6) is 0.231. The van der Waals surface area contributed by atoms with Crippen LogP contribution >= 0.6 is 11.6 Å². The van der Waals surface area contributed by atoms with Gasteiger partial charge >= 0.3 is 0 Å². The lowest BCUT2D eigenvalue weighted by Gasteiger charge is -2.07. The molecule has 88 valence electrons. The van der Waals surface area contributed by atoms with Crippen molar-refractivity contribution in [1.82, 2.24) is 5.48 Å². The number of hydrogen-bond donors (Lipinski definition) is 1. The van der Waals surface area contributed by atoms with Gasteiger partial charge in [-0.15, -0.1) is 0 Å². The maximum absolute atomic E-state index is 11.4. The molecule has 0 radical (unpaired) electrons. The molecular formula is C12H16ClNO2. The summed E-state index contributed by atoms with van der Waals surface area (Å²) in [6, 6.07) is 7.22. The van der Waals surface area contributed by atoms with Gasteiger partial charge in [0.1, 0.15) is 0 Å². The van der Waals surface area contributed by atoms with E-state index in [4.69, 9.17) is 16.4 Å². The maximum Gasteiger partial charge on any atom is 0.247 e. The molecule has 1 N–H and O–H groups in total. The fourth-order valence-corrected chi connectivity index (χ4v) is 1.37. The number of rotatable bonds is 5. The fraction of sp³-hybridized carbons (Fsp3) is 0.417. The Bertz CT molecular complexity index is 353. The Morgan fingerprint density at radius 2 is 2.25 bits per heavy atom. The zero-order valence-corrected chi connectivity index (χ0v) is 10.3. The second-order valence-electron chi connectivity index (χ2n) is 4.04. The molecule has 1 aromatic rings. The standard InChI is InChI=1S/C12H16ClNO2/c1-9(2)8-16-14-12(15)7-10-4-3-5-11(13)6-10/h3-6,9H,7-8H2,1-2H3,(H,14,15). The Morgan fingerprint density at radius 1 is 1.50 bits per heavy atom. The Morgan fingerprint density at radius 3 is 2.88 bits per heavy atom. The monoisotopic (exact) mass is 241 g/mol. The lowest BCUT2D eigenvalue weighted by molar-refractivity contribution is -0.133. The molecule has 1 aromatic carbocycles. The van der Waals surface area contributed by atoms with Crippen molar-refractivity contribution in [3.05, 3.63) is 34.9 Å². The Labute approximate surface area is 101 Å². The SMILES string of the molecule is CC(C)CONC(=O)Cc1cccc(Cl)c1. The molecule has 3 nitrogen and oxygen atoms in total. The van der Waals surface area contributed by atoms with Gasteiger partial charge in [0.15, 0.2) is 0 Å². The van der Waals surface area contributed by atoms with Gasteiger partial charge in [0.2, 0.25) is 5.91 Å². The Hall–Kier alpha value is -1.06. The van der Waals surface area contributed by atoms with Crippen LogP contribution in [-0.2, 0) is 16.1 Å². The van der Waals surface area contributed by atoms with Crippen molar-refractivity contribution >= 4 is 17.5 Å². The molecule has 1 rings (SSSR count). The second kappa shape index (κ2) is 6.51. The lowest BCUT2D eigenvalue weighted by Crippen LogP contribution is -2.27. The third-order valence-electron chi connectivity index (χ3n) is 1.86. The predicted molar refractivity (Wildman–Crippen MR) is 64.1 cm³/mol. The van der Waals surface area contributed by atoms with Crippen LogP contribution < -0.4 is 5.48 Å². The minimum atomic E-state index is -0.164. The van der Waals surface area contributed by atoms with Crippen molar-refractivity contribution in [2.75, 3.05) is 6.61 Å². The smallest absolute Gasteiger partial charge is 0.247 e. The van der Waals surface area contributed by atoms with E-state index in [-0.39, 0.29) is 12.3 Å². The van der Waals surface area contributed by atoms with E-state index in [2.05, 4.69) is 5.48 Å². The van der Waals surface area contributed by atoms with E-state index >= 15 is 0 Å². The van der Waals surface area contributed by atoms with E-state index in [0.717, 1.165) is 5.56 Å². The van der Waals surface area contributed by atoms with Gasteiger partial charge in [-0.25, -0.2) is 5.48 Å². The van der Waals surface area contributed by atoms with Gasteiger partial charge in [-0.1, -0.05) is 37.6 Å². The van der Waals surface area contributed by atoms with E-state index in [1.807, 2.05) is 26.0 Å². The molecule has 4 heteroatoms. The van der Waals surface area contributed by atoms with Crippen molar-refractivity contribution in [1.29, 1.82) is 0 Å². The van der Waals surface area contributed by atoms with Crippen LogP contribution in [0.15, 0.2) is 24.3 Å². The van der Waals surface area contributed by atoms with E-state index in [1.165, 1.54) is 0 Å². The number of hydrogen-bond acceptors (Lipinski definition) is 2. The Balaban J connectivity index is 2.34. The van der Waals surface area contributed by atoms with Gasteiger partial charge in [0.25, 0.3) is 0 Å². The summed E-state index contributed by atoms with van der Waals surface area (Å²) in [5.41, 5.74) is 3.27. The van der Waals surface area contributed by atoms with E-state index in [9.17, 15) is 4.79 Å². The summed E-state index contributed by atoms with van der Waals surface area (Å²) in [4.78, 5) is 16.5. The maximum atomic E-state index is 11.4. The molecule has 0 aromatic heterocycles. The summed E-state index contributed by atoms with van der Waals surface area (Å²) in [6.07, 6.45) is 0.276. The predicted octanol–water partition coefficient (Wildman–Crippen LogP) is 2.59. The summed E-state index contributed by atoms with van der Waals surface area (Å²) >= 11 is 5.81. The number of hydroxylamine groups is 1. The van der Waals surface area contributed by atoms with Crippen LogP contribution in [0.5, 0.6) is 0 Å². The van der Waals surface area contributed by atoms with Crippen molar-refractivity contribution in [2.24, 2.45) is 5.92 Å². The molecule has 0 atom stereocenters. The van der Waals surface area contributed by atoms with Crippen molar-refractivity contribution in [3.63, 3.8) is 0 Å². The zero-order valence-electron chi connectivity index (χ0n) is 9.50. The number of carbonyl (C=O) groups excluding carboxylic acids is 1. The van der Waals surface area contributed by atoms with Crippen LogP contribution in [0.1, 0.15) is 19.4 Å². The first-order valence-electron chi connectivity index (χ1n) is 5.23. The molecule has 1 amide bonds. The first-order valence-corrected chi connectivity index (χ1v) is 5.61. The molecule has 0 aliphatic carbocycles. The molecule has 0 aliphatic heterocycles. The Kier molecular flexibility index (Phi) is 5.29. The van der Waals surface area contributed by atoms with Crippen LogP contribution in [0.4, 0.5) is 0 Å². The van der Waals surface area contributed by atoms with E-state index in [1.54, 1.807) is 12.1 Å². The number of halogens is 1. The number of benzene rings is 1. The molecule has 0 spiro atoms. The molecule has 0 saturated carbocycles. The van der Waals surface area contributed by atoms with Crippen LogP contribution in [-0.4, -0.2) is 12.5 Å². The van der Waals surface area contributed by atoms with Crippen molar-refractivity contribution in [3.8, 4) is 0 Å². The number of nitrogens with one attached hydrogen (secondary N) is 1. The normalized spacial score (nSPS) is 10.5. The van der Waals surface area contributed by atoms with Gasteiger partial charge < -0.3 is 0 Å².